The number of pyridine rings is 1. The summed E-state index contributed by atoms with van der Waals surface area (Å²) >= 11 is 0. The van der Waals surface area contributed by atoms with E-state index < -0.39 is 0 Å². The maximum atomic E-state index is 13.3. The van der Waals surface area contributed by atoms with E-state index in [0.29, 0.717) is 5.92 Å². The fraction of sp³-hybridized carbons (Fsp3) is 0.500. The van der Waals surface area contributed by atoms with Crippen LogP contribution in [0.25, 0.3) is 0 Å². The molecule has 0 N–H and O–H groups in total. The molecule has 3 rings (SSSR count). The second-order valence-corrected chi connectivity index (χ2v) is 7.34. The molecular weight excluding hydrogens is 325 g/mol. The highest BCUT2D eigenvalue weighted by Gasteiger charge is 2.21. The lowest BCUT2D eigenvalue weighted by Crippen LogP contribution is -2.41. The third-order valence-corrected chi connectivity index (χ3v) is 5.28. The summed E-state index contributed by atoms with van der Waals surface area (Å²) < 4.78 is 13.3. The third-order valence-electron chi connectivity index (χ3n) is 5.28. The second kappa shape index (κ2) is 9.79. The number of benzene rings is 1. The fourth-order valence-electron chi connectivity index (χ4n) is 3.87. The van der Waals surface area contributed by atoms with E-state index in [2.05, 4.69) is 33.8 Å². The lowest BCUT2D eigenvalue weighted by Gasteiger charge is -2.35. The first-order valence-corrected chi connectivity index (χ1v) is 9.82. The number of hydrogen-bond donors (Lipinski definition) is 0. The monoisotopic (exact) mass is 355 g/mol. The van der Waals surface area contributed by atoms with Gasteiger partial charge in [0.05, 0.1) is 5.69 Å². The quantitative estimate of drug-likeness (QED) is 0.713. The summed E-state index contributed by atoms with van der Waals surface area (Å²) in [7, 11) is 0. The Hall–Kier alpha value is -1.78. The number of nitrogens with zero attached hydrogens (tertiary/aromatic N) is 3. The van der Waals surface area contributed by atoms with Crippen LogP contribution < -0.4 is 0 Å². The molecular formula is C22H30FN3. The van der Waals surface area contributed by atoms with Crippen molar-refractivity contribution in [2.24, 2.45) is 5.92 Å². The zero-order chi connectivity index (χ0) is 18.2. The van der Waals surface area contributed by atoms with Gasteiger partial charge in [-0.25, -0.2) is 4.39 Å². The Labute approximate surface area is 156 Å². The van der Waals surface area contributed by atoms with Gasteiger partial charge in [0.15, 0.2) is 0 Å². The maximum absolute atomic E-state index is 13.3. The molecule has 140 valence electrons. The van der Waals surface area contributed by atoms with Crippen LogP contribution in [-0.4, -0.2) is 47.5 Å². The van der Waals surface area contributed by atoms with Gasteiger partial charge in [0.1, 0.15) is 5.82 Å². The molecule has 1 aliphatic heterocycles. The largest absolute Gasteiger partial charge is 0.303 e. The predicted octanol–water partition coefficient (Wildman–Crippen LogP) is 4.00. The molecule has 3 nitrogen and oxygen atoms in total. The Balaban J connectivity index is 1.47. The minimum atomic E-state index is -0.132. The summed E-state index contributed by atoms with van der Waals surface area (Å²) in [5.41, 5.74) is 2.24. The number of aromatic nitrogens is 1. The first-order chi connectivity index (χ1) is 12.7. The highest BCUT2D eigenvalue weighted by Crippen LogP contribution is 2.19. The minimum absolute atomic E-state index is 0.132. The van der Waals surface area contributed by atoms with Gasteiger partial charge in [0.2, 0.25) is 0 Å². The molecule has 0 spiro atoms. The summed E-state index contributed by atoms with van der Waals surface area (Å²) in [6, 6.07) is 13.1. The van der Waals surface area contributed by atoms with E-state index in [-0.39, 0.29) is 5.82 Å². The molecule has 0 saturated carbocycles. The van der Waals surface area contributed by atoms with Crippen molar-refractivity contribution in [1.82, 2.24) is 14.8 Å². The van der Waals surface area contributed by atoms with Crippen LogP contribution in [0.3, 0.4) is 0 Å². The smallest absolute Gasteiger partial charge is 0.123 e. The maximum Gasteiger partial charge on any atom is 0.123 e. The van der Waals surface area contributed by atoms with Crippen molar-refractivity contribution in [3.63, 3.8) is 0 Å². The number of halogens is 1. The number of hydrogen-bond acceptors (Lipinski definition) is 3. The van der Waals surface area contributed by atoms with Crippen LogP contribution in [0.4, 0.5) is 4.39 Å². The van der Waals surface area contributed by atoms with E-state index in [1.54, 1.807) is 12.1 Å². The average Bonchev–Trinajstić information content (AvgIpc) is 2.67. The van der Waals surface area contributed by atoms with Crippen molar-refractivity contribution in [3.8, 4) is 0 Å². The molecule has 0 bridgehead atoms. The van der Waals surface area contributed by atoms with Crippen molar-refractivity contribution in [2.45, 2.75) is 32.7 Å². The molecule has 1 aliphatic rings. The number of piperidine rings is 1. The molecule has 2 aromatic rings. The normalized spacial score (nSPS) is 18.3. The van der Waals surface area contributed by atoms with E-state index in [1.807, 2.05) is 18.3 Å². The second-order valence-electron chi connectivity index (χ2n) is 7.34. The Kier molecular flexibility index (Phi) is 7.15. The molecule has 1 saturated heterocycles. The highest BCUT2D eigenvalue weighted by molar-refractivity contribution is 5.16. The van der Waals surface area contributed by atoms with E-state index in [9.17, 15) is 4.39 Å². The van der Waals surface area contributed by atoms with Crippen LogP contribution in [0, 0.1) is 11.7 Å². The lowest BCUT2D eigenvalue weighted by molar-refractivity contribution is 0.132. The van der Waals surface area contributed by atoms with E-state index >= 15 is 0 Å². The molecule has 4 heteroatoms. The molecule has 1 atom stereocenters. The summed E-state index contributed by atoms with van der Waals surface area (Å²) in [6.45, 7) is 8.67. The van der Waals surface area contributed by atoms with Crippen molar-refractivity contribution in [2.75, 3.05) is 32.7 Å². The van der Waals surface area contributed by atoms with E-state index in [4.69, 9.17) is 0 Å². The molecule has 1 aromatic heterocycles. The van der Waals surface area contributed by atoms with Crippen LogP contribution in [-0.2, 0) is 13.0 Å². The van der Waals surface area contributed by atoms with Gasteiger partial charge >= 0.3 is 0 Å². The van der Waals surface area contributed by atoms with Crippen molar-refractivity contribution >= 4 is 0 Å². The van der Waals surface area contributed by atoms with Crippen LogP contribution >= 0.6 is 0 Å². The molecule has 0 amide bonds. The fourth-order valence-corrected chi connectivity index (χ4v) is 3.87. The standard InChI is InChI=1S/C22H30FN3/c1-2-25(18-22-10-3-4-12-24-22)16-20-8-6-13-26(17-20)14-11-19-7-5-9-21(23)15-19/h3-5,7,9-10,12,15,20H,2,6,8,11,13-14,16-18H2,1H3. The first kappa shape index (κ1) is 19.0. The molecule has 2 heterocycles. The molecule has 1 aromatic carbocycles. The van der Waals surface area contributed by atoms with Gasteiger partial charge in [-0.1, -0.05) is 25.1 Å². The summed E-state index contributed by atoms with van der Waals surface area (Å²) in [4.78, 5) is 9.51. The topological polar surface area (TPSA) is 19.4 Å². The van der Waals surface area contributed by atoms with Crippen molar-refractivity contribution in [3.05, 3.63) is 65.7 Å². The van der Waals surface area contributed by atoms with Gasteiger partial charge in [-0.15, -0.1) is 0 Å². The van der Waals surface area contributed by atoms with Gasteiger partial charge in [0, 0.05) is 32.4 Å². The minimum Gasteiger partial charge on any atom is -0.303 e. The van der Waals surface area contributed by atoms with Gasteiger partial charge in [0.25, 0.3) is 0 Å². The SMILES string of the molecule is CCN(Cc1ccccn1)CC1CCCN(CCc2cccc(F)c2)C1. The predicted molar refractivity (Wildman–Crippen MR) is 104 cm³/mol. The zero-order valence-corrected chi connectivity index (χ0v) is 15.8. The zero-order valence-electron chi connectivity index (χ0n) is 15.8. The molecule has 26 heavy (non-hydrogen) atoms. The number of rotatable bonds is 8. The summed E-state index contributed by atoms with van der Waals surface area (Å²) in [5.74, 6) is 0.576. The Morgan fingerprint density at radius 1 is 1.23 bits per heavy atom. The lowest BCUT2D eigenvalue weighted by atomic mass is 9.96. The van der Waals surface area contributed by atoms with Crippen molar-refractivity contribution in [1.29, 1.82) is 0 Å². The summed E-state index contributed by atoms with van der Waals surface area (Å²) in [5, 5.41) is 0. The Bertz CT molecular complexity index is 661. The third kappa shape index (κ3) is 5.89. The molecule has 1 fully saturated rings. The van der Waals surface area contributed by atoms with Crippen LogP contribution in [0.15, 0.2) is 48.7 Å². The van der Waals surface area contributed by atoms with Gasteiger partial charge in [-0.05, 0) is 68.1 Å². The highest BCUT2D eigenvalue weighted by atomic mass is 19.1. The molecule has 0 radical (unpaired) electrons. The number of likely N-dealkylation sites (tertiary alicyclic amines) is 1. The molecule has 1 unspecified atom stereocenters. The Morgan fingerprint density at radius 3 is 2.92 bits per heavy atom. The first-order valence-electron chi connectivity index (χ1n) is 9.82. The Morgan fingerprint density at radius 2 is 2.15 bits per heavy atom. The summed E-state index contributed by atoms with van der Waals surface area (Å²) in [6.07, 6.45) is 5.36. The van der Waals surface area contributed by atoms with Crippen LogP contribution in [0.2, 0.25) is 0 Å². The average molecular weight is 356 g/mol. The van der Waals surface area contributed by atoms with Gasteiger partial charge in [-0.2, -0.15) is 0 Å². The van der Waals surface area contributed by atoms with Crippen LogP contribution in [0.1, 0.15) is 31.0 Å². The molecule has 0 aliphatic carbocycles. The van der Waals surface area contributed by atoms with E-state index in [0.717, 1.165) is 56.9 Å². The van der Waals surface area contributed by atoms with Gasteiger partial charge in [-0.3, -0.25) is 9.88 Å². The van der Waals surface area contributed by atoms with Gasteiger partial charge < -0.3 is 4.90 Å². The van der Waals surface area contributed by atoms with Crippen LogP contribution in [0.5, 0.6) is 0 Å². The van der Waals surface area contributed by atoms with E-state index in [1.165, 1.54) is 18.9 Å². The van der Waals surface area contributed by atoms with Crippen molar-refractivity contribution < 1.29 is 4.39 Å².